The van der Waals surface area contributed by atoms with Crippen LogP contribution in [0.5, 0.6) is 0 Å². The summed E-state index contributed by atoms with van der Waals surface area (Å²) in [6.07, 6.45) is 2.44. The Bertz CT molecular complexity index is 390. The quantitative estimate of drug-likeness (QED) is 0.722. The van der Waals surface area contributed by atoms with Gasteiger partial charge < -0.3 is 4.90 Å². The molecule has 0 bridgehead atoms. The smallest absolute Gasteiger partial charge is 0.225 e. The Morgan fingerprint density at radius 1 is 1.50 bits per heavy atom. The molecular formula is C9H16N4S. The van der Waals surface area contributed by atoms with E-state index in [2.05, 4.69) is 28.9 Å². The normalized spacial score (nSPS) is 20.4. The predicted molar refractivity (Wildman–Crippen MR) is 59.1 cm³/mol. The van der Waals surface area contributed by atoms with E-state index >= 15 is 0 Å². The first-order chi connectivity index (χ1) is 6.52. The molecule has 0 aliphatic carbocycles. The maximum absolute atomic E-state index is 5.10. The molecular weight excluding hydrogens is 196 g/mol. The molecule has 1 aliphatic heterocycles. The molecule has 14 heavy (non-hydrogen) atoms. The fraction of sp³-hybridized carbons (Fsp3) is 0.778. The number of aromatic nitrogens is 3. The minimum atomic E-state index is 0.203. The maximum Gasteiger partial charge on any atom is 0.225 e. The average Bonchev–Trinajstić information content (AvgIpc) is 2.59. The fourth-order valence-corrected chi connectivity index (χ4v) is 2.19. The summed E-state index contributed by atoms with van der Waals surface area (Å²) >= 11 is 5.10. The molecule has 0 radical (unpaired) electrons. The van der Waals surface area contributed by atoms with E-state index in [0.29, 0.717) is 4.77 Å². The number of hydrogen-bond donors (Lipinski definition) is 1. The molecule has 0 amide bonds. The summed E-state index contributed by atoms with van der Waals surface area (Å²) in [4.78, 5) is 2.32. The zero-order valence-electron chi connectivity index (χ0n) is 8.87. The Balaban J connectivity index is 2.40. The van der Waals surface area contributed by atoms with E-state index in [1.165, 1.54) is 12.8 Å². The Morgan fingerprint density at radius 2 is 2.21 bits per heavy atom. The van der Waals surface area contributed by atoms with Crippen molar-refractivity contribution in [3.63, 3.8) is 0 Å². The van der Waals surface area contributed by atoms with E-state index in [9.17, 15) is 0 Å². The van der Waals surface area contributed by atoms with E-state index in [1.807, 2.05) is 11.6 Å². The zero-order chi connectivity index (χ0) is 10.3. The summed E-state index contributed by atoms with van der Waals surface area (Å²) in [6, 6.07) is 0. The molecule has 2 rings (SSSR count). The molecule has 4 nitrogen and oxygen atoms in total. The van der Waals surface area contributed by atoms with Crippen molar-refractivity contribution in [2.24, 2.45) is 7.05 Å². The molecule has 2 heterocycles. The van der Waals surface area contributed by atoms with E-state index in [0.717, 1.165) is 12.5 Å². The third-order valence-corrected chi connectivity index (χ3v) is 3.36. The number of anilines is 1. The van der Waals surface area contributed by atoms with Gasteiger partial charge in [0.25, 0.3) is 0 Å². The van der Waals surface area contributed by atoms with Crippen LogP contribution in [0.1, 0.15) is 26.7 Å². The monoisotopic (exact) mass is 212 g/mol. The Hall–Kier alpha value is -0.840. The van der Waals surface area contributed by atoms with Gasteiger partial charge in [0.2, 0.25) is 5.95 Å². The van der Waals surface area contributed by atoms with Crippen molar-refractivity contribution in [3.8, 4) is 0 Å². The van der Waals surface area contributed by atoms with E-state index in [-0.39, 0.29) is 5.54 Å². The summed E-state index contributed by atoms with van der Waals surface area (Å²) in [5, 5.41) is 7.09. The lowest BCUT2D eigenvalue weighted by Crippen LogP contribution is -2.39. The predicted octanol–water partition coefficient (Wildman–Crippen LogP) is 1.86. The van der Waals surface area contributed by atoms with E-state index in [1.54, 1.807) is 0 Å². The van der Waals surface area contributed by atoms with Crippen LogP contribution in [0.25, 0.3) is 0 Å². The highest BCUT2D eigenvalue weighted by Crippen LogP contribution is 2.31. The molecule has 5 heteroatoms. The molecule has 1 aromatic heterocycles. The topological polar surface area (TPSA) is 36.9 Å². The number of nitrogens with one attached hydrogen (secondary N) is 1. The van der Waals surface area contributed by atoms with Crippen molar-refractivity contribution in [1.29, 1.82) is 0 Å². The molecule has 1 saturated heterocycles. The lowest BCUT2D eigenvalue weighted by Gasteiger charge is -2.31. The largest absolute Gasteiger partial charge is 0.336 e. The SMILES string of the molecule is Cn1c(N2CCCC2(C)C)n[nH]c1=S. The lowest BCUT2D eigenvalue weighted by atomic mass is 10.0. The second-order valence-electron chi connectivity index (χ2n) is 4.46. The van der Waals surface area contributed by atoms with Crippen molar-refractivity contribution < 1.29 is 0 Å². The third-order valence-electron chi connectivity index (χ3n) is 3.00. The minimum absolute atomic E-state index is 0.203. The first-order valence-corrected chi connectivity index (χ1v) is 5.32. The second kappa shape index (κ2) is 3.08. The van der Waals surface area contributed by atoms with Gasteiger partial charge in [0.1, 0.15) is 0 Å². The Morgan fingerprint density at radius 3 is 2.64 bits per heavy atom. The summed E-state index contributed by atoms with van der Waals surface area (Å²) in [7, 11) is 1.95. The van der Waals surface area contributed by atoms with Gasteiger partial charge >= 0.3 is 0 Å². The van der Waals surface area contributed by atoms with Crippen LogP contribution in [0, 0.1) is 4.77 Å². The minimum Gasteiger partial charge on any atom is -0.336 e. The highest BCUT2D eigenvalue weighted by atomic mass is 32.1. The van der Waals surface area contributed by atoms with Crippen LogP contribution >= 0.6 is 12.2 Å². The van der Waals surface area contributed by atoms with Crippen molar-refractivity contribution >= 4 is 18.2 Å². The molecule has 0 aromatic carbocycles. The van der Waals surface area contributed by atoms with Crippen LogP contribution < -0.4 is 4.90 Å². The molecule has 78 valence electrons. The van der Waals surface area contributed by atoms with Crippen molar-refractivity contribution in [2.75, 3.05) is 11.4 Å². The van der Waals surface area contributed by atoms with Crippen molar-refractivity contribution in [3.05, 3.63) is 4.77 Å². The van der Waals surface area contributed by atoms with E-state index < -0.39 is 0 Å². The molecule has 0 unspecified atom stereocenters. The number of nitrogens with zero attached hydrogens (tertiary/aromatic N) is 3. The fourth-order valence-electron chi connectivity index (χ4n) is 2.06. The number of aromatic amines is 1. The molecule has 1 N–H and O–H groups in total. The van der Waals surface area contributed by atoms with Crippen LogP contribution in [0.3, 0.4) is 0 Å². The number of H-pyrrole nitrogens is 1. The number of rotatable bonds is 1. The number of hydrogen-bond acceptors (Lipinski definition) is 3. The highest BCUT2D eigenvalue weighted by Gasteiger charge is 2.34. The first kappa shape index (κ1) is 9.71. The first-order valence-electron chi connectivity index (χ1n) is 4.91. The lowest BCUT2D eigenvalue weighted by molar-refractivity contribution is 0.505. The van der Waals surface area contributed by atoms with Gasteiger partial charge in [0, 0.05) is 19.1 Å². The molecule has 1 aliphatic rings. The Kier molecular flexibility index (Phi) is 2.14. The van der Waals surface area contributed by atoms with Gasteiger partial charge in [-0.05, 0) is 38.9 Å². The standard InChI is InChI=1S/C9H16N4S/c1-9(2)5-4-6-13(9)7-10-11-8(14)12(7)3/h4-6H2,1-3H3,(H,11,14). The molecule has 1 aromatic rings. The van der Waals surface area contributed by atoms with E-state index in [4.69, 9.17) is 12.2 Å². The summed E-state index contributed by atoms with van der Waals surface area (Å²) < 4.78 is 2.62. The van der Waals surface area contributed by atoms with Gasteiger partial charge in [-0.2, -0.15) is 0 Å². The highest BCUT2D eigenvalue weighted by molar-refractivity contribution is 7.71. The van der Waals surface area contributed by atoms with Crippen LogP contribution in [-0.2, 0) is 7.05 Å². The zero-order valence-corrected chi connectivity index (χ0v) is 9.69. The van der Waals surface area contributed by atoms with Gasteiger partial charge in [-0.1, -0.05) is 0 Å². The molecule has 0 spiro atoms. The van der Waals surface area contributed by atoms with Gasteiger partial charge in [0.05, 0.1) is 0 Å². The maximum atomic E-state index is 5.10. The van der Waals surface area contributed by atoms with Gasteiger partial charge in [-0.25, -0.2) is 5.10 Å². The molecule has 0 atom stereocenters. The van der Waals surface area contributed by atoms with Crippen molar-refractivity contribution in [2.45, 2.75) is 32.2 Å². The second-order valence-corrected chi connectivity index (χ2v) is 4.84. The summed E-state index contributed by atoms with van der Waals surface area (Å²) in [6.45, 7) is 5.57. The van der Waals surface area contributed by atoms with Crippen LogP contribution in [0.2, 0.25) is 0 Å². The molecule has 0 saturated carbocycles. The van der Waals surface area contributed by atoms with Crippen molar-refractivity contribution in [1.82, 2.24) is 14.8 Å². The average molecular weight is 212 g/mol. The summed E-state index contributed by atoms with van der Waals surface area (Å²) in [5.41, 5.74) is 0.203. The third kappa shape index (κ3) is 1.35. The Labute approximate surface area is 88.9 Å². The van der Waals surface area contributed by atoms with Crippen LogP contribution in [-0.4, -0.2) is 26.8 Å². The summed E-state index contributed by atoms with van der Waals surface area (Å²) in [5.74, 6) is 0.956. The molecule has 1 fully saturated rings. The van der Waals surface area contributed by atoms with Crippen LogP contribution in [0.4, 0.5) is 5.95 Å². The van der Waals surface area contributed by atoms with Gasteiger partial charge in [-0.3, -0.25) is 4.57 Å². The van der Waals surface area contributed by atoms with Gasteiger partial charge in [-0.15, -0.1) is 5.10 Å². The van der Waals surface area contributed by atoms with Gasteiger partial charge in [0.15, 0.2) is 4.77 Å². The van der Waals surface area contributed by atoms with Crippen LogP contribution in [0.15, 0.2) is 0 Å².